The summed E-state index contributed by atoms with van der Waals surface area (Å²) in [5.74, 6) is -0.00757. The van der Waals surface area contributed by atoms with E-state index in [1.54, 1.807) is 24.4 Å². The fraction of sp³-hybridized carbons (Fsp3) is 0.235. The summed E-state index contributed by atoms with van der Waals surface area (Å²) in [6.07, 6.45) is 2.31. The molecule has 8 heteroatoms. The number of thiazole rings is 1. The smallest absolute Gasteiger partial charge is 0.262 e. The second-order valence-corrected chi connectivity index (χ2v) is 7.01. The Morgan fingerprint density at radius 1 is 1.40 bits per heavy atom. The van der Waals surface area contributed by atoms with E-state index in [9.17, 15) is 4.79 Å². The predicted molar refractivity (Wildman–Crippen MR) is 96.7 cm³/mol. The van der Waals surface area contributed by atoms with Crippen LogP contribution in [0, 0.1) is 0 Å². The molecule has 3 heterocycles. The lowest BCUT2D eigenvalue weighted by atomic mass is 10.2. The zero-order valence-corrected chi connectivity index (χ0v) is 14.6. The molecule has 0 spiro atoms. The van der Waals surface area contributed by atoms with E-state index in [1.165, 1.54) is 11.3 Å². The molecule has 4 rings (SSSR count). The lowest BCUT2D eigenvalue weighted by molar-refractivity contribution is 0.101. The third-order valence-electron chi connectivity index (χ3n) is 3.75. The standard InChI is InChI=1S/C17H14ClN3O3S/c18-10-3-4-13-14(8-10)25-17(20-13)21-15(22)12-2-1-6-19-16(12)24-11-5-7-23-9-11/h1-4,6,8,11H,5,7,9H2,(H,20,21,22). The molecule has 2 aromatic heterocycles. The van der Waals surface area contributed by atoms with Gasteiger partial charge in [0, 0.05) is 17.6 Å². The minimum absolute atomic E-state index is 0.0777. The number of hydrogen-bond acceptors (Lipinski definition) is 6. The number of carbonyl (C=O) groups is 1. The van der Waals surface area contributed by atoms with Gasteiger partial charge in [0.05, 0.1) is 23.4 Å². The third-order valence-corrected chi connectivity index (χ3v) is 4.92. The van der Waals surface area contributed by atoms with Crippen LogP contribution in [0.4, 0.5) is 5.13 Å². The molecule has 3 aromatic rings. The van der Waals surface area contributed by atoms with Crippen molar-refractivity contribution in [3.63, 3.8) is 0 Å². The summed E-state index contributed by atoms with van der Waals surface area (Å²) in [5.41, 5.74) is 1.15. The van der Waals surface area contributed by atoms with Gasteiger partial charge >= 0.3 is 0 Å². The number of rotatable bonds is 4. The van der Waals surface area contributed by atoms with Crippen LogP contribution in [0.5, 0.6) is 5.88 Å². The van der Waals surface area contributed by atoms with Crippen molar-refractivity contribution in [2.45, 2.75) is 12.5 Å². The van der Waals surface area contributed by atoms with Gasteiger partial charge in [0.15, 0.2) is 5.13 Å². The van der Waals surface area contributed by atoms with Gasteiger partial charge in [-0.1, -0.05) is 22.9 Å². The van der Waals surface area contributed by atoms with Gasteiger partial charge in [-0.3, -0.25) is 10.1 Å². The fourth-order valence-corrected chi connectivity index (χ4v) is 3.67. The summed E-state index contributed by atoms with van der Waals surface area (Å²) in [6.45, 7) is 1.17. The number of hydrogen-bond donors (Lipinski definition) is 1. The maximum Gasteiger partial charge on any atom is 0.262 e. The molecule has 1 aliphatic heterocycles. The van der Waals surface area contributed by atoms with Crippen LogP contribution in [0.15, 0.2) is 36.5 Å². The van der Waals surface area contributed by atoms with Crippen molar-refractivity contribution in [2.75, 3.05) is 18.5 Å². The molecule has 1 unspecified atom stereocenters. The largest absolute Gasteiger partial charge is 0.471 e. The molecule has 0 aliphatic carbocycles. The van der Waals surface area contributed by atoms with Crippen molar-refractivity contribution >= 4 is 44.2 Å². The Balaban J connectivity index is 1.55. The zero-order chi connectivity index (χ0) is 17.2. The van der Waals surface area contributed by atoms with E-state index < -0.39 is 0 Å². The van der Waals surface area contributed by atoms with Gasteiger partial charge in [-0.15, -0.1) is 0 Å². The molecular weight excluding hydrogens is 362 g/mol. The van der Waals surface area contributed by atoms with Gasteiger partial charge in [-0.25, -0.2) is 9.97 Å². The van der Waals surface area contributed by atoms with E-state index in [1.807, 2.05) is 12.1 Å². The number of halogens is 1. The first-order valence-electron chi connectivity index (χ1n) is 7.76. The van der Waals surface area contributed by atoms with Gasteiger partial charge in [-0.05, 0) is 30.3 Å². The average molecular weight is 376 g/mol. The van der Waals surface area contributed by atoms with Crippen molar-refractivity contribution in [3.05, 3.63) is 47.1 Å². The number of carbonyl (C=O) groups excluding carboxylic acids is 1. The van der Waals surface area contributed by atoms with Crippen molar-refractivity contribution in [1.82, 2.24) is 9.97 Å². The minimum atomic E-state index is -0.313. The number of amides is 1. The first-order chi connectivity index (χ1) is 12.2. The molecule has 0 bridgehead atoms. The SMILES string of the molecule is O=C(Nc1nc2ccc(Cl)cc2s1)c1cccnc1OC1CCOC1. The highest BCUT2D eigenvalue weighted by Gasteiger charge is 2.22. The number of benzene rings is 1. The van der Waals surface area contributed by atoms with E-state index in [2.05, 4.69) is 15.3 Å². The predicted octanol–water partition coefficient (Wildman–Crippen LogP) is 3.76. The highest BCUT2D eigenvalue weighted by atomic mass is 35.5. The van der Waals surface area contributed by atoms with Crippen LogP contribution in [0.3, 0.4) is 0 Å². The number of aromatic nitrogens is 2. The zero-order valence-electron chi connectivity index (χ0n) is 13.1. The van der Waals surface area contributed by atoms with Crippen molar-refractivity contribution in [2.24, 2.45) is 0 Å². The van der Waals surface area contributed by atoms with Crippen molar-refractivity contribution in [3.8, 4) is 5.88 Å². The van der Waals surface area contributed by atoms with Gasteiger partial charge < -0.3 is 9.47 Å². The monoisotopic (exact) mass is 375 g/mol. The maximum absolute atomic E-state index is 12.6. The van der Waals surface area contributed by atoms with E-state index >= 15 is 0 Å². The third kappa shape index (κ3) is 3.58. The summed E-state index contributed by atoms with van der Waals surface area (Å²) in [6, 6.07) is 8.79. The van der Waals surface area contributed by atoms with E-state index in [-0.39, 0.29) is 12.0 Å². The summed E-state index contributed by atoms with van der Waals surface area (Å²) in [4.78, 5) is 21.2. The summed E-state index contributed by atoms with van der Waals surface area (Å²) >= 11 is 7.35. The maximum atomic E-state index is 12.6. The van der Waals surface area contributed by atoms with Gasteiger partial charge in [0.25, 0.3) is 5.91 Å². The van der Waals surface area contributed by atoms with E-state index in [0.717, 1.165) is 16.6 Å². The van der Waals surface area contributed by atoms with Crippen molar-refractivity contribution < 1.29 is 14.3 Å². The van der Waals surface area contributed by atoms with Crippen LogP contribution in [-0.4, -0.2) is 35.2 Å². The molecule has 1 saturated heterocycles. The number of nitrogens with zero attached hydrogens (tertiary/aromatic N) is 2. The number of ether oxygens (including phenoxy) is 2. The molecule has 0 saturated carbocycles. The molecule has 1 atom stereocenters. The van der Waals surface area contributed by atoms with Crippen LogP contribution in [-0.2, 0) is 4.74 Å². The summed E-state index contributed by atoms with van der Waals surface area (Å²) < 4.78 is 12.0. The molecule has 1 amide bonds. The Kier molecular flexibility index (Phi) is 4.52. The molecular formula is C17H14ClN3O3S. The Morgan fingerprint density at radius 2 is 2.32 bits per heavy atom. The molecule has 0 radical (unpaired) electrons. The first-order valence-corrected chi connectivity index (χ1v) is 8.95. The normalized spacial score (nSPS) is 16.9. The fourth-order valence-electron chi connectivity index (χ4n) is 2.54. The lowest BCUT2D eigenvalue weighted by Crippen LogP contribution is -2.20. The Hall–Kier alpha value is -2.22. The van der Waals surface area contributed by atoms with Crippen LogP contribution >= 0.6 is 22.9 Å². The van der Waals surface area contributed by atoms with Crippen LogP contribution in [0.25, 0.3) is 10.2 Å². The Bertz CT molecular complexity index is 924. The number of pyridine rings is 1. The highest BCUT2D eigenvalue weighted by Crippen LogP contribution is 2.29. The molecule has 1 aromatic carbocycles. The number of nitrogens with one attached hydrogen (secondary N) is 1. The quantitative estimate of drug-likeness (QED) is 0.751. The molecule has 25 heavy (non-hydrogen) atoms. The summed E-state index contributed by atoms with van der Waals surface area (Å²) in [5, 5.41) is 3.94. The molecule has 1 N–H and O–H groups in total. The van der Waals surface area contributed by atoms with Crippen molar-refractivity contribution in [1.29, 1.82) is 0 Å². The van der Waals surface area contributed by atoms with Crippen LogP contribution < -0.4 is 10.1 Å². The lowest BCUT2D eigenvalue weighted by Gasteiger charge is -2.13. The topological polar surface area (TPSA) is 73.3 Å². The molecule has 1 fully saturated rings. The van der Waals surface area contributed by atoms with E-state index in [0.29, 0.717) is 34.8 Å². The molecule has 128 valence electrons. The Labute approximate surface area is 152 Å². The average Bonchev–Trinajstić information content (AvgIpc) is 3.24. The first kappa shape index (κ1) is 16.3. The van der Waals surface area contributed by atoms with Crippen LogP contribution in [0.1, 0.15) is 16.8 Å². The molecule has 1 aliphatic rings. The summed E-state index contributed by atoms with van der Waals surface area (Å²) in [7, 11) is 0. The number of anilines is 1. The number of fused-ring (bicyclic) bond motifs is 1. The van der Waals surface area contributed by atoms with E-state index in [4.69, 9.17) is 21.1 Å². The van der Waals surface area contributed by atoms with Gasteiger partial charge in [0.2, 0.25) is 5.88 Å². The molecule has 6 nitrogen and oxygen atoms in total. The van der Waals surface area contributed by atoms with Gasteiger partial charge in [-0.2, -0.15) is 0 Å². The highest BCUT2D eigenvalue weighted by molar-refractivity contribution is 7.22. The second-order valence-electron chi connectivity index (χ2n) is 5.54. The minimum Gasteiger partial charge on any atom is -0.471 e. The van der Waals surface area contributed by atoms with Gasteiger partial charge in [0.1, 0.15) is 11.7 Å². The Morgan fingerprint density at radius 3 is 3.16 bits per heavy atom. The second kappa shape index (κ2) is 6.95. The van der Waals surface area contributed by atoms with Crippen LogP contribution in [0.2, 0.25) is 5.02 Å².